The van der Waals surface area contributed by atoms with Crippen molar-refractivity contribution in [2.24, 2.45) is 0 Å². The molecule has 7 nitrogen and oxygen atoms in total. The normalized spacial score (nSPS) is 17.0. The third kappa shape index (κ3) is 4.23. The molecule has 1 saturated heterocycles. The van der Waals surface area contributed by atoms with Gasteiger partial charge in [-0.05, 0) is 104 Å². The van der Waals surface area contributed by atoms with Crippen LogP contribution in [-0.2, 0) is 11.8 Å². The lowest BCUT2D eigenvalue weighted by Gasteiger charge is -2.33. The van der Waals surface area contributed by atoms with Crippen molar-refractivity contribution in [1.82, 2.24) is 15.3 Å². The molecule has 196 valence electrons. The van der Waals surface area contributed by atoms with Gasteiger partial charge in [-0.2, -0.15) is 0 Å². The van der Waals surface area contributed by atoms with Crippen molar-refractivity contribution < 1.29 is 14.3 Å². The second-order valence-electron chi connectivity index (χ2n) is 10.7. The number of carbonyl (C=O) groups excluding carboxylic acids is 1. The Labute approximate surface area is 227 Å². The van der Waals surface area contributed by atoms with Gasteiger partial charge in [-0.25, -0.2) is 9.97 Å². The Hall–Kier alpha value is -4.23. The molecule has 1 amide bonds. The monoisotopic (exact) mass is 518 g/mol. The Morgan fingerprint density at radius 1 is 1.03 bits per heavy atom. The lowest BCUT2D eigenvalue weighted by molar-refractivity contribution is 0.0989. The largest absolute Gasteiger partial charge is 0.492 e. The molecule has 1 N–H and O–H groups in total. The molecule has 1 aromatic heterocycles. The minimum absolute atomic E-state index is 0.0434. The molecule has 1 spiro atoms. The van der Waals surface area contributed by atoms with Gasteiger partial charge in [0.05, 0.1) is 6.61 Å². The van der Waals surface area contributed by atoms with E-state index in [2.05, 4.69) is 27.4 Å². The van der Waals surface area contributed by atoms with E-state index in [4.69, 9.17) is 9.47 Å². The van der Waals surface area contributed by atoms with E-state index < -0.39 is 0 Å². The smallest absolute Gasteiger partial charge is 0.321 e. The molecule has 0 unspecified atom stereocenters. The molecular formula is C32H30N4O3. The van der Waals surface area contributed by atoms with Crippen LogP contribution < -0.4 is 19.7 Å². The van der Waals surface area contributed by atoms with Gasteiger partial charge in [-0.15, -0.1) is 0 Å². The summed E-state index contributed by atoms with van der Waals surface area (Å²) in [6, 6.07) is 20.3. The van der Waals surface area contributed by atoms with Crippen LogP contribution in [0.2, 0.25) is 0 Å². The molecule has 1 fully saturated rings. The standard InChI is InChI=1S/C32H30N4O3/c1-21-17-25(39-31-34-12-2-13-35-31)7-8-26(21)22-3-5-23(6-4-22)30(37)36-16-9-24-18-29-27(19-28(24)36)32(20-38-29)10-14-33-15-11-32/h2-8,12-13,17-19,33H,9-11,14-16,20H2,1H3. The quantitative estimate of drug-likeness (QED) is 0.387. The number of anilines is 1. The summed E-state index contributed by atoms with van der Waals surface area (Å²) in [6.07, 6.45) is 6.30. The molecule has 39 heavy (non-hydrogen) atoms. The van der Waals surface area contributed by atoms with Gasteiger partial charge in [0.2, 0.25) is 0 Å². The van der Waals surface area contributed by atoms with E-state index in [0.29, 0.717) is 23.9 Å². The van der Waals surface area contributed by atoms with Gasteiger partial charge in [-0.1, -0.05) is 18.2 Å². The van der Waals surface area contributed by atoms with E-state index >= 15 is 0 Å². The van der Waals surface area contributed by atoms with Gasteiger partial charge >= 0.3 is 6.01 Å². The summed E-state index contributed by atoms with van der Waals surface area (Å²) in [5.74, 6) is 1.74. The van der Waals surface area contributed by atoms with Crippen molar-refractivity contribution in [3.8, 4) is 28.6 Å². The first-order valence-electron chi connectivity index (χ1n) is 13.6. The second kappa shape index (κ2) is 9.50. The lowest BCUT2D eigenvalue weighted by Crippen LogP contribution is -2.41. The zero-order valence-corrected chi connectivity index (χ0v) is 21.9. The molecule has 3 aromatic carbocycles. The first kappa shape index (κ1) is 23.9. The number of hydrogen-bond donors (Lipinski definition) is 1. The fourth-order valence-corrected chi connectivity index (χ4v) is 6.19. The number of ether oxygens (including phenoxy) is 2. The number of amides is 1. The van der Waals surface area contributed by atoms with Crippen LogP contribution in [0.3, 0.4) is 0 Å². The number of rotatable bonds is 4. The second-order valence-corrected chi connectivity index (χ2v) is 10.7. The van der Waals surface area contributed by atoms with Crippen LogP contribution in [-0.4, -0.2) is 42.1 Å². The highest BCUT2D eigenvalue weighted by molar-refractivity contribution is 6.07. The minimum Gasteiger partial charge on any atom is -0.492 e. The Kier molecular flexibility index (Phi) is 5.81. The van der Waals surface area contributed by atoms with Crippen LogP contribution in [0.25, 0.3) is 11.1 Å². The van der Waals surface area contributed by atoms with Crippen LogP contribution in [0.1, 0.15) is 39.9 Å². The summed E-state index contributed by atoms with van der Waals surface area (Å²) in [5, 5.41) is 3.47. The fraction of sp³-hybridized carbons (Fsp3) is 0.281. The number of carbonyl (C=O) groups is 1. The number of aryl methyl sites for hydroxylation is 1. The van der Waals surface area contributed by atoms with Crippen LogP contribution in [0, 0.1) is 6.92 Å². The van der Waals surface area contributed by atoms with Gasteiger partial charge < -0.3 is 19.7 Å². The molecule has 4 aromatic rings. The van der Waals surface area contributed by atoms with E-state index in [1.54, 1.807) is 18.5 Å². The number of aromatic nitrogens is 2. The highest BCUT2D eigenvalue weighted by atomic mass is 16.5. The van der Waals surface area contributed by atoms with E-state index in [1.807, 2.05) is 54.3 Å². The summed E-state index contributed by atoms with van der Waals surface area (Å²) >= 11 is 0. The molecular weight excluding hydrogens is 488 g/mol. The van der Waals surface area contributed by atoms with Crippen molar-refractivity contribution in [3.05, 3.63) is 95.3 Å². The summed E-state index contributed by atoms with van der Waals surface area (Å²) < 4.78 is 11.9. The van der Waals surface area contributed by atoms with Crippen LogP contribution in [0.5, 0.6) is 17.5 Å². The highest BCUT2D eigenvalue weighted by Crippen LogP contribution is 2.48. The van der Waals surface area contributed by atoms with Crippen molar-refractivity contribution in [2.75, 3.05) is 31.1 Å². The van der Waals surface area contributed by atoms with Crippen LogP contribution in [0.15, 0.2) is 73.1 Å². The van der Waals surface area contributed by atoms with Gasteiger partial charge in [0, 0.05) is 41.2 Å². The average molecular weight is 519 g/mol. The Morgan fingerprint density at radius 3 is 2.59 bits per heavy atom. The lowest BCUT2D eigenvalue weighted by atomic mass is 9.74. The maximum Gasteiger partial charge on any atom is 0.321 e. The van der Waals surface area contributed by atoms with Gasteiger partial charge in [0.15, 0.2) is 0 Å². The predicted molar refractivity (Wildman–Crippen MR) is 150 cm³/mol. The fourth-order valence-electron chi connectivity index (χ4n) is 6.19. The third-order valence-corrected chi connectivity index (χ3v) is 8.35. The zero-order valence-electron chi connectivity index (χ0n) is 21.9. The number of hydrogen-bond acceptors (Lipinski definition) is 6. The molecule has 3 aliphatic heterocycles. The van der Waals surface area contributed by atoms with Gasteiger partial charge in [0.25, 0.3) is 5.91 Å². The Bertz CT molecular complexity index is 1550. The van der Waals surface area contributed by atoms with E-state index in [1.165, 1.54) is 11.1 Å². The van der Waals surface area contributed by atoms with Crippen LogP contribution >= 0.6 is 0 Å². The number of piperidine rings is 1. The predicted octanol–water partition coefficient (Wildman–Crippen LogP) is 5.46. The number of nitrogens with one attached hydrogen (secondary N) is 1. The van der Waals surface area contributed by atoms with E-state index in [-0.39, 0.29) is 11.3 Å². The summed E-state index contributed by atoms with van der Waals surface area (Å²) in [7, 11) is 0. The number of nitrogens with zero attached hydrogens (tertiary/aromatic N) is 3. The molecule has 7 heteroatoms. The van der Waals surface area contributed by atoms with Gasteiger partial charge in [0.1, 0.15) is 11.5 Å². The van der Waals surface area contributed by atoms with Crippen molar-refractivity contribution >= 4 is 11.6 Å². The highest BCUT2D eigenvalue weighted by Gasteiger charge is 2.43. The molecule has 4 heterocycles. The Morgan fingerprint density at radius 2 is 1.82 bits per heavy atom. The van der Waals surface area contributed by atoms with Gasteiger partial charge in [-0.3, -0.25) is 4.79 Å². The average Bonchev–Trinajstić information content (AvgIpc) is 3.54. The molecule has 0 atom stereocenters. The van der Waals surface area contributed by atoms with Crippen molar-refractivity contribution in [2.45, 2.75) is 31.6 Å². The number of benzene rings is 3. The summed E-state index contributed by atoms with van der Waals surface area (Å²) in [4.78, 5) is 23.8. The molecule has 0 radical (unpaired) electrons. The molecule has 3 aliphatic rings. The molecule has 0 saturated carbocycles. The van der Waals surface area contributed by atoms with Crippen molar-refractivity contribution in [1.29, 1.82) is 0 Å². The topological polar surface area (TPSA) is 76.6 Å². The molecule has 0 aliphatic carbocycles. The maximum atomic E-state index is 13.7. The first-order chi connectivity index (χ1) is 19.1. The first-order valence-corrected chi connectivity index (χ1v) is 13.6. The summed E-state index contributed by atoms with van der Waals surface area (Å²) in [6.45, 7) is 5.50. The molecule has 0 bridgehead atoms. The SMILES string of the molecule is Cc1cc(Oc2ncccn2)ccc1-c1ccc(C(=O)N2CCc3cc4c(cc32)C2(CCNCC2)CO4)cc1. The van der Waals surface area contributed by atoms with Crippen LogP contribution in [0.4, 0.5) is 5.69 Å². The van der Waals surface area contributed by atoms with Crippen molar-refractivity contribution in [3.63, 3.8) is 0 Å². The third-order valence-electron chi connectivity index (χ3n) is 8.35. The Balaban J connectivity index is 1.11. The zero-order chi connectivity index (χ0) is 26.4. The van der Waals surface area contributed by atoms with E-state index in [0.717, 1.165) is 67.1 Å². The molecule has 7 rings (SSSR count). The summed E-state index contributed by atoms with van der Waals surface area (Å²) in [5.41, 5.74) is 7.49. The minimum atomic E-state index is 0.0434. The van der Waals surface area contributed by atoms with E-state index in [9.17, 15) is 4.79 Å². The maximum absolute atomic E-state index is 13.7. The number of fused-ring (bicyclic) bond motifs is 3.